The van der Waals surface area contributed by atoms with Crippen molar-refractivity contribution in [2.24, 2.45) is 0 Å². The highest BCUT2D eigenvalue weighted by Gasteiger charge is 2.22. The molecule has 0 spiro atoms. The monoisotopic (exact) mass is 379 g/mol. The Morgan fingerprint density at radius 1 is 1.18 bits per heavy atom. The van der Waals surface area contributed by atoms with Gasteiger partial charge in [0.15, 0.2) is 5.88 Å². The average molecular weight is 379 g/mol. The van der Waals surface area contributed by atoms with Crippen LogP contribution in [-0.2, 0) is 19.5 Å². The first-order valence-corrected chi connectivity index (χ1v) is 9.76. The molecule has 0 fully saturated rings. The van der Waals surface area contributed by atoms with Gasteiger partial charge in [-0.25, -0.2) is 4.98 Å². The molecule has 4 heterocycles. The van der Waals surface area contributed by atoms with Gasteiger partial charge in [0.2, 0.25) is 0 Å². The Hall–Kier alpha value is -2.93. The largest absolute Gasteiger partial charge is 0.444 e. The van der Waals surface area contributed by atoms with Crippen LogP contribution in [0.1, 0.15) is 30.9 Å². The van der Waals surface area contributed by atoms with Crippen LogP contribution < -0.4 is 10.5 Å². The molecule has 0 bridgehead atoms. The van der Waals surface area contributed by atoms with Gasteiger partial charge >= 0.3 is 0 Å². The minimum atomic E-state index is -0.0650. The number of aromatic amines is 1. The van der Waals surface area contributed by atoms with Crippen LogP contribution in [0.4, 0.5) is 5.88 Å². The minimum absolute atomic E-state index is 0.0650. The van der Waals surface area contributed by atoms with E-state index in [1.807, 2.05) is 24.3 Å². The van der Waals surface area contributed by atoms with Crippen molar-refractivity contribution in [3.8, 4) is 11.4 Å². The zero-order valence-corrected chi connectivity index (χ0v) is 16.3. The van der Waals surface area contributed by atoms with Crippen LogP contribution in [0, 0.1) is 0 Å². The predicted molar refractivity (Wildman–Crippen MR) is 108 cm³/mol. The predicted octanol–water partition coefficient (Wildman–Crippen LogP) is 2.83. The molecule has 3 aromatic rings. The highest BCUT2D eigenvalue weighted by molar-refractivity contribution is 5.54. The SMILES string of the molecule is CCN(CC)c1ccc(CN2CCc3nc(-c4ccncc4)[nH]c(=O)c3C2)o1. The van der Waals surface area contributed by atoms with Gasteiger partial charge in [-0.05, 0) is 32.0 Å². The molecule has 0 amide bonds. The van der Waals surface area contributed by atoms with Crippen LogP contribution in [0.5, 0.6) is 0 Å². The summed E-state index contributed by atoms with van der Waals surface area (Å²) in [5, 5.41) is 0. The van der Waals surface area contributed by atoms with E-state index in [4.69, 9.17) is 9.40 Å². The first-order chi connectivity index (χ1) is 13.7. The van der Waals surface area contributed by atoms with Crippen LogP contribution >= 0.6 is 0 Å². The fourth-order valence-electron chi connectivity index (χ4n) is 3.64. The first kappa shape index (κ1) is 18.4. The number of rotatable bonds is 6. The van der Waals surface area contributed by atoms with E-state index in [0.717, 1.165) is 54.5 Å². The number of pyridine rings is 1. The van der Waals surface area contributed by atoms with Gasteiger partial charge in [-0.2, -0.15) is 0 Å². The van der Waals surface area contributed by atoms with Crippen LogP contribution in [0.3, 0.4) is 0 Å². The second-order valence-electron chi connectivity index (χ2n) is 6.95. The minimum Gasteiger partial charge on any atom is -0.444 e. The zero-order valence-electron chi connectivity index (χ0n) is 16.3. The number of fused-ring (bicyclic) bond motifs is 1. The molecule has 0 atom stereocenters. The molecule has 0 aromatic carbocycles. The Morgan fingerprint density at radius 2 is 1.96 bits per heavy atom. The third-order valence-corrected chi connectivity index (χ3v) is 5.20. The maximum absolute atomic E-state index is 12.7. The summed E-state index contributed by atoms with van der Waals surface area (Å²) < 4.78 is 6.00. The van der Waals surface area contributed by atoms with E-state index in [0.29, 0.717) is 18.9 Å². The molecule has 7 heteroatoms. The summed E-state index contributed by atoms with van der Waals surface area (Å²) in [6.45, 7) is 8.19. The van der Waals surface area contributed by atoms with E-state index in [9.17, 15) is 4.79 Å². The van der Waals surface area contributed by atoms with Crippen molar-refractivity contribution in [3.63, 3.8) is 0 Å². The van der Waals surface area contributed by atoms with Gasteiger partial charge in [0, 0.05) is 56.6 Å². The smallest absolute Gasteiger partial charge is 0.255 e. The van der Waals surface area contributed by atoms with E-state index in [2.05, 4.69) is 33.6 Å². The fourth-order valence-corrected chi connectivity index (χ4v) is 3.64. The van der Waals surface area contributed by atoms with Crippen molar-refractivity contribution in [2.45, 2.75) is 33.4 Å². The molecule has 1 aliphatic heterocycles. The summed E-state index contributed by atoms with van der Waals surface area (Å²) in [4.78, 5) is 28.7. The molecular weight excluding hydrogens is 354 g/mol. The van der Waals surface area contributed by atoms with Crippen LogP contribution in [0.15, 0.2) is 45.9 Å². The second-order valence-corrected chi connectivity index (χ2v) is 6.95. The normalized spacial score (nSPS) is 14.1. The van der Waals surface area contributed by atoms with Gasteiger partial charge in [-0.1, -0.05) is 0 Å². The van der Waals surface area contributed by atoms with Crippen molar-refractivity contribution in [1.29, 1.82) is 0 Å². The lowest BCUT2D eigenvalue weighted by Crippen LogP contribution is -2.35. The zero-order chi connectivity index (χ0) is 19.5. The molecule has 3 aromatic heterocycles. The molecule has 0 radical (unpaired) electrons. The average Bonchev–Trinajstić information content (AvgIpc) is 3.18. The van der Waals surface area contributed by atoms with E-state index in [1.54, 1.807) is 12.4 Å². The van der Waals surface area contributed by atoms with Crippen molar-refractivity contribution in [3.05, 3.63) is 64.0 Å². The quantitative estimate of drug-likeness (QED) is 0.710. The molecule has 28 heavy (non-hydrogen) atoms. The third-order valence-electron chi connectivity index (χ3n) is 5.20. The standard InChI is InChI=1S/C21H25N5O2/c1-3-26(4-2)19-6-5-16(28-19)13-25-12-9-18-17(14-25)21(27)24-20(23-18)15-7-10-22-11-8-15/h5-8,10-11H,3-4,9,12-14H2,1-2H3,(H,23,24,27). The Bertz CT molecular complexity index is 992. The van der Waals surface area contributed by atoms with Gasteiger partial charge < -0.3 is 14.3 Å². The summed E-state index contributed by atoms with van der Waals surface area (Å²) in [6, 6.07) is 7.75. The van der Waals surface area contributed by atoms with Crippen molar-refractivity contribution in [1.82, 2.24) is 19.9 Å². The highest BCUT2D eigenvalue weighted by atomic mass is 16.4. The molecule has 146 valence electrons. The molecule has 7 nitrogen and oxygen atoms in total. The van der Waals surface area contributed by atoms with E-state index in [1.165, 1.54) is 0 Å². The number of nitrogens with one attached hydrogen (secondary N) is 1. The van der Waals surface area contributed by atoms with E-state index >= 15 is 0 Å². The lowest BCUT2D eigenvalue weighted by Gasteiger charge is -2.27. The fraction of sp³-hybridized carbons (Fsp3) is 0.381. The van der Waals surface area contributed by atoms with Crippen LogP contribution in [0.25, 0.3) is 11.4 Å². The van der Waals surface area contributed by atoms with Crippen molar-refractivity contribution < 1.29 is 4.42 Å². The Kier molecular flexibility index (Phi) is 5.25. The number of anilines is 1. The maximum atomic E-state index is 12.7. The van der Waals surface area contributed by atoms with Gasteiger partial charge in [0.05, 0.1) is 17.8 Å². The summed E-state index contributed by atoms with van der Waals surface area (Å²) in [5.74, 6) is 2.43. The molecule has 0 saturated heterocycles. The summed E-state index contributed by atoms with van der Waals surface area (Å²) in [7, 11) is 0. The molecule has 1 N–H and O–H groups in total. The summed E-state index contributed by atoms with van der Waals surface area (Å²) in [5.41, 5.74) is 2.44. The van der Waals surface area contributed by atoms with Gasteiger partial charge in [-0.3, -0.25) is 14.7 Å². The molecule has 1 aliphatic rings. The Labute approximate surface area is 164 Å². The van der Waals surface area contributed by atoms with Crippen molar-refractivity contribution in [2.75, 3.05) is 24.5 Å². The molecule has 0 unspecified atom stereocenters. The Balaban J connectivity index is 1.50. The number of nitrogens with zero attached hydrogens (tertiary/aromatic N) is 4. The van der Waals surface area contributed by atoms with Crippen LogP contribution in [0.2, 0.25) is 0 Å². The van der Waals surface area contributed by atoms with Crippen molar-refractivity contribution >= 4 is 5.88 Å². The summed E-state index contributed by atoms with van der Waals surface area (Å²) in [6.07, 6.45) is 4.15. The molecule has 4 rings (SSSR count). The lowest BCUT2D eigenvalue weighted by atomic mass is 10.1. The topological polar surface area (TPSA) is 78.3 Å². The Morgan fingerprint density at radius 3 is 2.71 bits per heavy atom. The van der Waals surface area contributed by atoms with Gasteiger partial charge in [-0.15, -0.1) is 0 Å². The van der Waals surface area contributed by atoms with E-state index in [-0.39, 0.29) is 5.56 Å². The number of aromatic nitrogens is 3. The highest BCUT2D eigenvalue weighted by Crippen LogP contribution is 2.23. The third kappa shape index (κ3) is 3.71. The molecule has 0 aliphatic carbocycles. The van der Waals surface area contributed by atoms with Gasteiger partial charge in [0.25, 0.3) is 5.56 Å². The lowest BCUT2D eigenvalue weighted by molar-refractivity contribution is 0.223. The summed E-state index contributed by atoms with van der Waals surface area (Å²) >= 11 is 0. The number of H-pyrrole nitrogens is 1. The van der Waals surface area contributed by atoms with Crippen LogP contribution in [-0.4, -0.2) is 39.5 Å². The van der Waals surface area contributed by atoms with Gasteiger partial charge in [0.1, 0.15) is 11.6 Å². The molecule has 0 saturated carbocycles. The number of hydrogen-bond acceptors (Lipinski definition) is 6. The maximum Gasteiger partial charge on any atom is 0.255 e. The second kappa shape index (κ2) is 7.98. The van der Waals surface area contributed by atoms with E-state index < -0.39 is 0 Å². The molecular formula is C21H25N5O2. The number of furan rings is 1. The number of hydrogen-bond donors (Lipinski definition) is 1. The first-order valence-electron chi connectivity index (χ1n) is 9.76.